The number of halogens is 1. The lowest BCUT2D eigenvalue weighted by atomic mass is 9.88. The van der Waals surface area contributed by atoms with Gasteiger partial charge in [-0.2, -0.15) is 0 Å². The van der Waals surface area contributed by atoms with Crippen molar-refractivity contribution in [2.75, 3.05) is 0 Å². The molecule has 0 bridgehead atoms. The van der Waals surface area contributed by atoms with Gasteiger partial charge in [0.25, 0.3) is 0 Å². The van der Waals surface area contributed by atoms with Crippen LogP contribution in [-0.4, -0.2) is 9.97 Å². The number of aromatic nitrogens is 2. The van der Waals surface area contributed by atoms with E-state index in [9.17, 15) is 0 Å². The summed E-state index contributed by atoms with van der Waals surface area (Å²) in [6.07, 6.45) is 5.77. The van der Waals surface area contributed by atoms with Crippen LogP contribution in [0.5, 0.6) is 5.75 Å². The lowest BCUT2D eigenvalue weighted by Gasteiger charge is -2.18. The van der Waals surface area contributed by atoms with Gasteiger partial charge in [-0.15, -0.1) is 0 Å². The van der Waals surface area contributed by atoms with Crippen molar-refractivity contribution in [1.82, 2.24) is 9.97 Å². The van der Waals surface area contributed by atoms with E-state index in [-0.39, 0.29) is 0 Å². The highest BCUT2D eigenvalue weighted by Crippen LogP contribution is 2.36. The second-order valence-corrected chi connectivity index (χ2v) is 6.77. The van der Waals surface area contributed by atoms with E-state index in [2.05, 4.69) is 59.4 Å². The van der Waals surface area contributed by atoms with Crippen LogP contribution >= 0.6 is 11.6 Å². The minimum atomic E-state index is 0.474. The molecule has 0 unspecified atom stereocenters. The van der Waals surface area contributed by atoms with E-state index < -0.39 is 0 Å². The molecule has 134 valence electrons. The molecule has 0 saturated carbocycles. The Morgan fingerprint density at radius 2 is 1.70 bits per heavy atom. The Morgan fingerprint density at radius 1 is 0.963 bits per heavy atom. The van der Waals surface area contributed by atoms with Crippen LogP contribution in [0.3, 0.4) is 0 Å². The Kier molecular flexibility index (Phi) is 5.03. The van der Waals surface area contributed by atoms with E-state index in [1.54, 1.807) is 12.4 Å². The van der Waals surface area contributed by atoms with Crippen molar-refractivity contribution in [3.63, 3.8) is 0 Å². The molecule has 0 aliphatic carbocycles. The van der Waals surface area contributed by atoms with E-state index in [0.717, 1.165) is 17.0 Å². The molecular weight excluding hydrogens is 356 g/mol. The zero-order valence-electron chi connectivity index (χ0n) is 15.0. The molecule has 0 radical (unpaired) electrons. The van der Waals surface area contributed by atoms with Gasteiger partial charge in [0, 0.05) is 5.02 Å². The summed E-state index contributed by atoms with van der Waals surface area (Å²) in [5.41, 5.74) is 4.87. The van der Waals surface area contributed by atoms with Crippen LogP contribution in [0.25, 0.3) is 21.9 Å². The first-order valence-corrected chi connectivity index (χ1v) is 9.31. The average Bonchev–Trinajstić information content (AvgIpc) is 2.72. The monoisotopic (exact) mass is 374 g/mol. The Labute approximate surface area is 163 Å². The maximum Gasteiger partial charge on any atom is 0.156 e. The molecule has 1 aromatic heterocycles. The number of rotatable bonds is 5. The van der Waals surface area contributed by atoms with Gasteiger partial charge in [0.2, 0.25) is 0 Å². The summed E-state index contributed by atoms with van der Waals surface area (Å²) in [5.74, 6) is 0.667. The summed E-state index contributed by atoms with van der Waals surface area (Å²) < 4.78 is 5.95. The van der Waals surface area contributed by atoms with Crippen molar-refractivity contribution >= 4 is 22.4 Å². The van der Waals surface area contributed by atoms with Gasteiger partial charge in [-0.25, -0.2) is 9.97 Å². The van der Waals surface area contributed by atoms with Crippen LogP contribution in [0.15, 0.2) is 73.3 Å². The third-order valence-corrected chi connectivity index (χ3v) is 4.92. The highest BCUT2D eigenvalue weighted by molar-refractivity contribution is 6.30. The summed E-state index contributed by atoms with van der Waals surface area (Å²) >= 11 is 6.11. The molecule has 0 spiro atoms. The van der Waals surface area contributed by atoms with Crippen LogP contribution < -0.4 is 4.74 Å². The van der Waals surface area contributed by atoms with Gasteiger partial charge in [0.05, 0.1) is 12.4 Å². The molecule has 0 aliphatic rings. The van der Waals surface area contributed by atoms with E-state index in [1.165, 1.54) is 33.8 Å². The smallest absolute Gasteiger partial charge is 0.156 e. The molecule has 0 aliphatic heterocycles. The molecule has 4 rings (SSSR count). The predicted molar refractivity (Wildman–Crippen MR) is 110 cm³/mol. The SMILES string of the molecule is CCc1c(COc2cncnc2)cc2ccccc2c1-c1ccc(Cl)cc1. The van der Waals surface area contributed by atoms with Crippen LogP contribution in [0.2, 0.25) is 5.02 Å². The van der Waals surface area contributed by atoms with Crippen molar-refractivity contribution in [2.45, 2.75) is 20.0 Å². The van der Waals surface area contributed by atoms with Crippen LogP contribution in [0.1, 0.15) is 18.1 Å². The molecular formula is C23H19ClN2O. The fraction of sp³-hybridized carbons (Fsp3) is 0.130. The van der Waals surface area contributed by atoms with Gasteiger partial charge < -0.3 is 4.74 Å². The lowest BCUT2D eigenvalue weighted by Crippen LogP contribution is -2.03. The summed E-state index contributed by atoms with van der Waals surface area (Å²) in [6, 6.07) is 18.7. The second kappa shape index (κ2) is 7.77. The Balaban J connectivity index is 1.85. The second-order valence-electron chi connectivity index (χ2n) is 6.33. The molecule has 0 amide bonds. The fourth-order valence-corrected chi connectivity index (χ4v) is 3.57. The Morgan fingerprint density at radius 3 is 2.44 bits per heavy atom. The topological polar surface area (TPSA) is 35.0 Å². The van der Waals surface area contributed by atoms with Crippen molar-refractivity contribution in [3.05, 3.63) is 89.5 Å². The Bertz CT molecular complexity index is 1060. The first kappa shape index (κ1) is 17.5. The lowest BCUT2D eigenvalue weighted by molar-refractivity contribution is 0.302. The average molecular weight is 375 g/mol. The van der Waals surface area contributed by atoms with Gasteiger partial charge in [-0.3, -0.25) is 0 Å². The van der Waals surface area contributed by atoms with Crippen molar-refractivity contribution in [1.29, 1.82) is 0 Å². The minimum absolute atomic E-state index is 0.474. The van der Waals surface area contributed by atoms with Gasteiger partial charge >= 0.3 is 0 Å². The number of ether oxygens (including phenoxy) is 1. The summed E-state index contributed by atoms with van der Waals surface area (Å²) in [6.45, 7) is 2.65. The zero-order valence-corrected chi connectivity index (χ0v) is 15.8. The quantitative estimate of drug-likeness (QED) is 0.424. The first-order chi connectivity index (χ1) is 13.3. The van der Waals surface area contributed by atoms with E-state index in [0.29, 0.717) is 12.4 Å². The summed E-state index contributed by atoms with van der Waals surface area (Å²) in [5, 5.41) is 3.18. The maximum atomic E-state index is 6.11. The Hall–Kier alpha value is -2.91. The molecule has 4 heteroatoms. The molecule has 27 heavy (non-hydrogen) atoms. The molecule has 1 heterocycles. The molecule has 4 aromatic rings. The molecule has 0 atom stereocenters. The third kappa shape index (κ3) is 3.64. The normalized spacial score (nSPS) is 10.9. The molecule has 0 fully saturated rings. The van der Waals surface area contributed by atoms with Crippen molar-refractivity contribution in [2.24, 2.45) is 0 Å². The molecule has 0 N–H and O–H groups in total. The number of nitrogens with zero attached hydrogens (tertiary/aromatic N) is 2. The van der Waals surface area contributed by atoms with Crippen molar-refractivity contribution < 1.29 is 4.74 Å². The summed E-state index contributed by atoms with van der Waals surface area (Å²) in [4.78, 5) is 8.03. The van der Waals surface area contributed by atoms with Gasteiger partial charge in [0.1, 0.15) is 12.9 Å². The molecule has 3 nitrogen and oxygen atoms in total. The molecule has 0 saturated heterocycles. The first-order valence-electron chi connectivity index (χ1n) is 8.93. The highest BCUT2D eigenvalue weighted by Gasteiger charge is 2.14. The standard InChI is InChI=1S/C23H19ClN2O/c1-2-21-18(14-27-20-12-25-15-26-13-20)11-17-5-3-4-6-22(17)23(21)16-7-9-19(24)10-8-16/h3-13,15H,2,14H2,1H3. The number of benzene rings is 3. The van der Waals surface area contributed by atoms with Gasteiger partial charge in [-0.1, -0.05) is 54.9 Å². The predicted octanol–water partition coefficient (Wildman–Crippen LogP) is 6.09. The highest BCUT2D eigenvalue weighted by atomic mass is 35.5. The number of hydrogen-bond donors (Lipinski definition) is 0. The van der Waals surface area contributed by atoms with E-state index in [1.807, 2.05) is 12.1 Å². The number of hydrogen-bond acceptors (Lipinski definition) is 3. The zero-order chi connectivity index (χ0) is 18.6. The van der Waals surface area contributed by atoms with Crippen LogP contribution in [-0.2, 0) is 13.0 Å². The van der Waals surface area contributed by atoms with Gasteiger partial charge in [0.15, 0.2) is 5.75 Å². The van der Waals surface area contributed by atoms with Crippen molar-refractivity contribution in [3.8, 4) is 16.9 Å². The summed E-state index contributed by atoms with van der Waals surface area (Å²) in [7, 11) is 0. The van der Waals surface area contributed by atoms with Crippen LogP contribution in [0, 0.1) is 0 Å². The molecule has 3 aromatic carbocycles. The van der Waals surface area contributed by atoms with Gasteiger partial charge in [-0.05, 0) is 57.6 Å². The maximum absolute atomic E-state index is 6.11. The third-order valence-electron chi connectivity index (χ3n) is 4.67. The van der Waals surface area contributed by atoms with Crippen LogP contribution in [0.4, 0.5) is 0 Å². The largest absolute Gasteiger partial charge is 0.486 e. The fourth-order valence-electron chi connectivity index (χ4n) is 3.45. The van der Waals surface area contributed by atoms with E-state index in [4.69, 9.17) is 16.3 Å². The minimum Gasteiger partial charge on any atom is -0.486 e. The number of fused-ring (bicyclic) bond motifs is 1. The van der Waals surface area contributed by atoms with E-state index >= 15 is 0 Å².